The molecule has 0 radical (unpaired) electrons. The summed E-state index contributed by atoms with van der Waals surface area (Å²) in [6.07, 6.45) is 4.06. The number of benzene rings is 1. The average molecular weight is 367 g/mol. The fourth-order valence-corrected chi connectivity index (χ4v) is 3.75. The van der Waals surface area contributed by atoms with Gasteiger partial charge in [-0.3, -0.25) is 14.8 Å². The van der Waals surface area contributed by atoms with Crippen molar-refractivity contribution in [1.82, 2.24) is 19.7 Å². The van der Waals surface area contributed by atoms with Crippen LogP contribution in [0.5, 0.6) is 5.75 Å². The van der Waals surface area contributed by atoms with Gasteiger partial charge in [-0.05, 0) is 44.0 Å². The highest BCUT2D eigenvalue weighted by molar-refractivity contribution is 5.87. The summed E-state index contributed by atoms with van der Waals surface area (Å²) >= 11 is 0. The van der Waals surface area contributed by atoms with Gasteiger partial charge in [-0.15, -0.1) is 0 Å². The maximum absolute atomic E-state index is 11.2. The molecule has 0 unspecified atom stereocenters. The van der Waals surface area contributed by atoms with Crippen molar-refractivity contribution in [2.75, 3.05) is 13.1 Å². The van der Waals surface area contributed by atoms with Gasteiger partial charge in [0.1, 0.15) is 18.4 Å². The van der Waals surface area contributed by atoms with Crippen molar-refractivity contribution in [2.24, 2.45) is 5.73 Å². The first-order valence-electron chi connectivity index (χ1n) is 9.34. The van der Waals surface area contributed by atoms with Gasteiger partial charge in [-0.1, -0.05) is 6.07 Å². The number of carbonyl (C=O) groups is 1. The minimum absolute atomic E-state index is 0.179. The Bertz CT molecular complexity index is 937. The molecule has 1 aromatic carbocycles. The maximum atomic E-state index is 11.2. The van der Waals surface area contributed by atoms with Crippen molar-refractivity contribution >= 4 is 16.8 Å². The molecule has 7 nitrogen and oxygen atoms in total. The van der Waals surface area contributed by atoms with Gasteiger partial charge >= 0.3 is 0 Å². The van der Waals surface area contributed by atoms with E-state index < -0.39 is 0 Å². The number of nitrogens with one attached hydrogen (secondary N) is 1. The summed E-state index contributed by atoms with van der Waals surface area (Å²) < 4.78 is 8.17. The molecule has 1 aliphatic rings. The van der Waals surface area contributed by atoms with E-state index in [2.05, 4.69) is 21.2 Å². The first-order chi connectivity index (χ1) is 13.1. The zero-order valence-corrected chi connectivity index (χ0v) is 15.5. The van der Waals surface area contributed by atoms with Crippen LogP contribution in [0.2, 0.25) is 0 Å². The van der Waals surface area contributed by atoms with Gasteiger partial charge in [0.25, 0.3) is 0 Å². The molecule has 3 aromatic rings. The van der Waals surface area contributed by atoms with E-state index in [-0.39, 0.29) is 18.6 Å². The van der Waals surface area contributed by atoms with Crippen molar-refractivity contribution in [3.05, 3.63) is 47.9 Å². The molecule has 1 saturated heterocycles. The van der Waals surface area contributed by atoms with Gasteiger partial charge in [-0.2, -0.15) is 5.10 Å². The summed E-state index contributed by atoms with van der Waals surface area (Å²) in [7, 11) is 0. The Balaban J connectivity index is 1.39. The van der Waals surface area contributed by atoms with Crippen LogP contribution >= 0.6 is 0 Å². The van der Waals surface area contributed by atoms with Crippen LogP contribution in [0.3, 0.4) is 0 Å². The van der Waals surface area contributed by atoms with Gasteiger partial charge in [0.2, 0.25) is 5.91 Å². The van der Waals surface area contributed by atoms with E-state index in [1.807, 2.05) is 42.0 Å². The van der Waals surface area contributed by atoms with Crippen LogP contribution in [0.1, 0.15) is 24.2 Å². The van der Waals surface area contributed by atoms with E-state index in [1.54, 1.807) is 0 Å². The number of ether oxygens (including phenoxy) is 1. The summed E-state index contributed by atoms with van der Waals surface area (Å²) in [4.78, 5) is 13.7. The molecule has 0 saturated carbocycles. The summed E-state index contributed by atoms with van der Waals surface area (Å²) in [5, 5.41) is 8.34. The number of rotatable bonds is 6. The number of hydrogen-bond donors (Lipinski definition) is 2. The van der Waals surface area contributed by atoms with Gasteiger partial charge in [0.05, 0.1) is 11.2 Å². The first-order valence-corrected chi connectivity index (χ1v) is 9.34. The number of aryl methyl sites for hydroxylation is 1. The summed E-state index contributed by atoms with van der Waals surface area (Å²) in [6.45, 7) is 5.07. The van der Waals surface area contributed by atoms with E-state index in [0.717, 1.165) is 60.5 Å². The molecule has 1 amide bonds. The number of carbonyl (C=O) groups excluding carboxylic acids is 1. The second-order valence-electron chi connectivity index (χ2n) is 7.23. The molecule has 1 fully saturated rings. The van der Waals surface area contributed by atoms with E-state index in [4.69, 9.17) is 10.5 Å². The fraction of sp³-hybridized carbons (Fsp3) is 0.400. The number of H-pyrrole nitrogens is 1. The summed E-state index contributed by atoms with van der Waals surface area (Å²) in [5.41, 5.74) is 8.49. The molecular formula is C20H25N5O2. The molecule has 2 aromatic heterocycles. The minimum atomic E-state index is -0.349. The Labute approximate surface area is 158 Å². The van der Waals surface area contributed by atoms with Crippen LogP contribution in [-0.2, 0) is 17.9 Å². The number of nitrogens with zero attached hydrogens (tertiary/aromatic N) is 3. The number of piperidine rings is 1. The van der Waals surface area contributed by atoms with Crippen LogP contribution < -0.4 is 10.5 Å². The fourth-order valence-electron chi connectivity index (χ4n) is 3.75. The number of fused-ring (bicyclic) bond motifs is 1. The largest absolute Gasteiger partial charge is 0.490 e. The number of likely N-dealkylation sites (tertiary alicyclic amines) is 1. The van der Waals surface area contributed by atoms with E-state index >= 15 is 0 Å². The smallest absolute Gasteiger partial charge is 0.237 e. The van der Waals surface area contributed by atoms with Crippen LogP contribution in [0, 0.1) is 6.92 Å². The zero-order chi connectivity index (χ0) is 18.8. The Hall–Kier alpha value is -2.80. The predicted octanol–water partition coefficient (Wildman–Crippen LogP) is 2.20. The van der Waals surface area contributed by atoms with E-state index in [1.165, 1.54) is 0 Å². The van der Waals surface area contributed by atoms with Gasteiger partial charge in [0, 0.05) is 36.9 Å². The third-order valence-electron chi connectivity index (χ3n) is 5.07. The van der Waals surface area contributed by atoms with Crippen LogP contribution in [0.4, 0.5) is 0 Å². The Morgan fingerprint density at radius 2 is 2.15 bits per heavy atom. The molecule has 0 spiro atoms. The Morgan fingerprint density at radius 3 is 2.85 bits per heavy atom. The van der Waals surface area contributed by atoms with Gasteiger partial charge < -0.3 is 15.0 Å². The number of aromatic amines is 1. The number of hydrogen-bond acceptors (Lipinski definition) is 4. The average Bonchev–Trinajstić information content (AvgIpc) is 3.23. The summed E-state index contributed by atoms with van der Waals surface area (Å²) in [6, 6.07) is 10.0. The normalized spacial score (nSPS) is 16.0. The topological polar surface area (TPSA) is 89.2 Å². The minimum Gasteiger partial charge on any atom is -0.490 e. The molecule has 7 heteroatoms. The zero-order valence-electron chi connectivity index (χ0n) is 15.5. The molecule has 27 heavy (non-hydrogen) atoms. The van der Waals surface area contributed by atoms with Crippen molar-refractivity contribution in [2.45, 2.75) is 39.0 Å². The van der Waals surface area contributed by atoms with E-state index in [0.29, 0.717) is 0 Å². The molecule has 0 aliphatic carbocycles. The molecular weight excluding hydrogens is 342 g/mol. The first kappa shape index (κ1) is 17.6. The second kappa shape index (κ2) is 7.44. The van der Waals surface area contributed by atoms with Crippen LogP contribution in [0.25, 0.3) is 10.9 Å². The monoisotopic (exact) mass is 367 g/mol. The van der Waals surface area contributed by atoms with Crippen molar-refractivity contribution in [3.63, 3.8) is 0 Å². The second-order valence-corrected chi connectivity index (χ2v) is 7.23. The quantitative estimate of drug-likeness (QED) is 0.699. The molecule has 3 N–H and O–H groups in total. The molecule has 142 valence electrons. The Kier molecular flexibility index (Phi) is 4.85. The highest BCUT2D eigenvalue weighted by Crippen LogP contribution is 2.29. The predicted molar refractivity (Wildman–Crippen MR) is 103 cm³/mol. The molecule has 4 rings (SSSR count). The van der Waals surface area contributed by atoms with Gasteiger partial charge in [-0.25, -0.2) is 0 Å². The SMILES string of the molecule is Cc1cc(CN2CCC(Oc3cccc4c3ccn4CC(N)=O)CC2)n[nH]1. The third kappa shape index (κ3) is 3.98. The van der Waals surface area contributed by atoms with Gasteiger partial charge in [0.15, 0.2) is 0 Å². The molecule has 0 bridgehead atoms. The van der Waals surface area contributed by atoms with Crippen molar-refractivity contribution in [3.8, 4) is 5.75 Å². The highest BCUT2D eigenvalue weighted by atomic mass is 16.5. The number of aromatic nitrogens is 3. The molecule has 3 heterocycles. The lowest BCUT2D eigenvalue weighted by Gasteiger charge is -2.31. The third-order valence-corrected chi connectivity index (χ3v) is 5.07. The standard InChI is InChI=1S/C20H25N5O2/c1-14-11-15(23-22-14)12-24-8-5-16(6-9-24)27-19-4-2-3-18-17(19)7-10-25(18)13-20(21)26/h2-4,7,10-11,16H,5-6,8-9,12-13H2,1H3,(H2,21,26)(H,22,23). The van der Waals surface area contributed by atoms with Crippen LogP contribution in [-0.4, -0.2) is 44.8 Å². The maximum Gasteiger partial charge on any atom is 0.237 e. The number of nitrogens with two attached hydrogens (primary N) is 1. The molecule has 0 atom stereocenters. The number of amides is 1. The number of primary amides is 1. The van der Waals surface area contributed by atoms with Crippen molar-refractivity contribution in [1.29, 1.82) is 0 Å². The van der Waals surface area contributed by atoms with E-state index in [9.17, 15) is 4.79 Å². The molecule has 1 aliphatic heterocycles. The summed E-state index contributed by atoms with van der Waals surface area (Å²) in [5.74, 6) is 0.524. The lowest BCUT2D eigenvalue weighted by molar-refractivity contribution is -0.118. The Morgan fingerprint density at radius 1 is 1.33 bits per heavy atom. The van der Waals surface area contributed by atoms with Crippen molar-refractivity contribution < 1.29 is 9.53 Å². The highest BCUT2D eigenvalue weighted by Gasteiger charge is 2.22. The lowest BCUT2D eigenvalue weighted by Crippen LogP contribution is -2.37. The van der Waals surface area contributed by atoms with Crippen LogP contribution in [0.15, 0.2) is 36.5 Å². The lowest BCUT2D eigenvalue weighted by atomic mass is 10.1.